The van der Waals surface area contributed by atoms with Crippen LogP contribution in [0.2, 0.25) is 0 Å². The molecule has 0 fully saturated rings. The third-order valence-electron chi connectivity index (χ3n) is 1.45. The Kier molecular flexibility index (Phi) is 7.89. The van der Waals surface area contributed by atoms with Gasteiger partial charge in [0.05, 0.1) is 12.7 Å². The topological polar surface area (TPSA) is 31.2 Å². The number of hydrogen-bond acceptors (Lipinski definition) is 2. The van der Waals surface area contributed by atoms with Gasteiger partial charge in [0.2, 0.25) is 0 Å². The van der Waals surface area contributed by atoms with E-state index < -0.39 is 0 Å². The lowest BCUT2D eigenvalue weighted by molar-refractivity contribution is 0.630. The second-order valence-corrected chi connectivity index (χ2v) is 3.68. The van der Waals surface area contributed by atoms with Gasteiger partial charge in [0.25, 0.3) is 0 Å². The van der Waals surface area contributed by atoms with Gasteiger partial charge < -0.3 is 9.80 Å². The summed E-state index contributed by atoms with van der Waals surface area (Å²) in [5.41, 5.74) is 0. The van der Waals surface area contributed by atoms with Crippen LogP contribution in [-0.2, 0) is 0 Å². The van der Waals surface area contributed by atoms with Crippen LogP contribution in [0.5, 0.6) is 0 Å². The molecule has 82 valence electrons. The average molecular weight is 198 g/mol. The summed E-state index contributed by atoms with van der Waals surface area (Å²) in [6.07, 6.45) is 5.91. The minimum Gasteiger partial charge on any atom is -0.369 e. The molecule has 0 amide bonds. The lowest BCUT2D eigenvalue weighted by Crippen LogP contribution is -2.08. The van der Waals surface area contributed by atoms with Gasteiger partial charge in [-0.05, 0) is 12.8 Å². The zero-order valence-electron chi connectivity index (χ0n) is 9.77. The van der Waals surface area contributed by atoms with Gasteiger partial charge in [0, 0.05) is 41.3 Å². The van der Waals surface area contributed by atoms with E-state index in [4.69, 9.17) is 0 Å². The first-order valence-corrected chi connectivity index (χ1v) is 4.95. The maximum atomic E-state index is 4.24. The Labute approximate surface area is 87.3 Å². The first-order chi connectivity index (χ1) is 6.63. The van der Waals surface area contributed by atoms with E-state index in [2.05, 4.69) is 9.98 Å². The SMILES string of the molecule is CN(C)/C=N/CCCC/N=C/N(C)C. The Hall–Kier alpha value is -1.06. The summed E-state index contributed by atoms with van der Waals surface area (Å²) in [6.45, 7) is 1.80. The van der Waals surface area contributed by atoms with E-state index in [0.29, 0.717) is 0 Å². The molecule has 0 rings (SSSR count). The largest absolute Gasteiger partial charge is 0.369 e. The number of nitrogens with zero attached hydrogens (tertiary/aromatic N) is 4. The van der Waals surface area contributed by atoms with E-state index in [0.717, 1.165) is 25.9 Å². The molecule has 0 aromatic carbocycles. The molecule has 14 heavy (non-hydrogen) atoms. The number of aliphatic imine (C=N–C) groups is 2. The van der Waals surface area contributed by atoms with E-state index in [-0.39, 0.29) is 0 Å². The van der Waals surface area contributed by atoms with Gasteiger partial charge in [0.15, 0.2) is 0 Å². The zero-order valence-corrected chi connectivity index (χ0v) is 9.77. The fraction of sp³-hybridized carbons (Fsp3) is 0.800. The Morgan fingerprint density at radius 2 is 1.14 bits per heavy atom. The molecule has 0 aromatic rings. The molecule has 0 heterocycles. The van der Waals surface area contributed by atoms with E-state index in [1.807, 2.05) is 50.7 Å². The third-order valence-corrected chi connectivity index (χ3v) is 1.45. The third kappa shape index (κ3) is 10.9. The van der Waals surface area contributed by atoms with Crippen molar-refractivity contribution in [1.29, 1.82) is 0 Å². The number of unbranched alkanes of at least 4 members (excludes halogenated alkanes) is 1. The van der Waals surface area contributed by atoms with Crippen LogP contribution in [0, 0.1) is 0 Å². The van der Waals surface area contributed by atoms with Crippen molar-refractivity contribution in [1.82, 2.24) is 9.80 Å². The van der Waals surface area contributed by atoms with Crippen molar-refractivity contribution < 1.29 is 0 Å². The summed E-state index contributed by atoms with van der Waals surface area (Å²) in [4.78, 5) is 12.4. The van der Waals surface area contributed by atoms with Gasteiger partial charge in [-0.2, -0.15) is 0 Å². The van der Waals surface area contributed by atoms with Crippen molar-refractivity contribution in [3.05, 3.63) is 0 Å². The first kappa shape index (κ1) is 12.9. The second kappa shape index (κ2) is 8.53. The predicted molar refractivity (Wildman–Crippen MR) is 63.3 cm³/mol. The Morgan fingerprint density at radius 1 is 0.786 bits per heavy atom. The maximum absolute atomic E-state index is 4.24. The van der Waals surface area contributed by atoms with Gasteiger partial charge >= 0.3 is 0 Å². The van der Waals surface area contributed by atoms with Gasteiger partial charge in [-0.3, -0.25) is 9.98 Å². The van der Waals surface area contributed by atoms with Crippen LogP contribution in [0.25, 0.3) is 0 Å². The molecule has 0 bridgehead atoms. The molecule has 0 radical (unpaired) electrons. The van der Waals surface area contributed by atoms with Crippen LogP contribution < -0.4 is 0 Å². The zero-order chi connectivity index (χ0) is 10.8. The number of hydrogen-bond donors (Lipinski definition) is 0. The Balaban J connectivity index is 3.22. The van der Waals surface area contributed by atoms with E-state index in [9.17, 15) is 0 Å². The van der Waals surface area contributed by atoms with Gasteiger partial charge in [-0.1, -0.05) is 0 Å². The molecule has 0 aromatic heterocycles. The standard InChI is InChI=1S/C10H22N4/c1-13(2)9-11-7-5-6-8-12-10-14(3)4/h9-10H,5-8H2,1-4H3/b11-9+,12-10+. The van der Waals surface area contributed by atoms with Gasteiger partial charge in [0.1, 0.15) is 0 Å². The Bertz CT molecular complexity index is 153. The quantitative estimate of drug-likeness (QED) is 0.346. The fourth-order valence-corrected chi connectivity index (χ4v) is 0.848. The summed E-state index contributed by atoms with van der Waals surface area (Å²) in [5, 5.41) is 0. The minimum absolute atomic E-state index is 0.898. The summed E-state index contributed by atoms with van der Waals surface area (Å²) >= 11 is 0. The molecule has 0 aliphatic heterocycles. The molecule has 0 aliphatic rings. The molecule has 0 N–H and O–H groups in total. The summed E-state index contributed by atoms with van der Waals surface area (Å²) in [6, 6.07) is 0. The molecule has 4 heteroatoms. The molecule has 0 atom stereocenters. The van der Waals surface area contributed by atoms with E-state index in [1.165, 1.54) is 0 Å². The molecule has 0 unspecified atom stereocenters. The fourth-order valence-electron chi connectivity index (χ4n) is 0.848. The van der Waals surface area contributed by atoms with Crippen molar-refractivity contribution in [2.45, 2.75) is 12.8 Å². The first-order valence-electron chi connectivity index (χ1n) is 4.95. The monoisotopic (exact) mass is 198 g/mol. The maximum Gasteiger partial charge on any atom is 0.0844 e. The highest BCUT2D eigenvalue weighted by Gasteiger charge is 1.85. The van der Waals surface area contributed by atoms with Crippen LogP contribution >= 0.6 is 0 Å². The molecular weight excluding hydrogens is 176 g/mol. The normalized spacial score (nSPS) is 11.4. The lowest BCUT2D eigenvalue weighted by atomic mass is 10.3. The predicted octanol–water partition coefficient (Wildman–Crippen LogP) is 0.946. The highest BCUT2D eigenvalue weighted by molar-refractivity contribution is 5.54. The smallest absolute Gasteiger partial charge is 0.0844 e. The second-order valence-electron chi connectivity index (χ2n) is 3.68. The van der Waals surface area contributed by atoms with Crippen molar-refractivity contribution in [2.75, 3.05) is 41.3 Å². The van der Waals surface area contributed by atoms with Crippen LogP contribution in [0.1, 0.15) is 12.8 Å². The Morgan fingerprint density at radius 3 is 1.43 bits per heavy atom. The lowest BCUT2D eigenvalue weighted by Gasteiger charge is -2.02. The molecule has 0 saturated heterocycles. The van der Waals surface area contributed by atoms with Crippen LogP contribution in [0.3, 0.4) is 0 Å². The highest BCUT2D eigenvalue weighted by atomic mass is 15.1. The molecule has 4 nitrogen and oxygen atoms in total. The van der Waals surface area contributed by atoms with Crippen LogP contribution in [0.15, 0.2) is 9.98 Å². The van der Waals surface area contributed by atoms with Crippen molar-refractivity contribution in [3.63, 3.8) is 0 Å². The van der Waals surface area contributed by atoms with E-state index >= 15 is 0 Å². The van der Waals surface area contributed by atoms with Crippen molar-refractivity contribution in [3.8, 4) is 0 Å². The van der Waals surface area contributed by atoms with Gasteiger partial charge in [-0.15, -0.1) is 0 Å². The van der Waals surface area contributed by atoms with Crippen molar-refractivity contribution in [2.24, 2.45) is 9.98 Å². The molecule has 0 saturated carbocycles. The highest BCUT2D eigenvalue weighted by Crippen LogP contribution is 1.89. The number of rotatable bonds is 7. The minimum atomic E-state index is 0.898. The molecule has 0 aliphatic carbocycles. The van der Waals surface area contributed by atoms with E-state index in [1.54, 1.807) is 0 Å². The molecular formula is C10H22N4. The molecule has 0 spiro atoms. The van der Waals surface area contributed by atoms with Crippen molar-refractivity contribution >= 4 is 12.7 Å². The van der Waals surface area contributed by atoms with Crippen LogP contribution in [-0.4, -0.2) is 63.8 Å². The average Bonchev–Trinajstić information content (AvgIpc) is 2.08. The summed E-state index contributed by atoms with van der Waals surface area (Å²) in [7, 11) is 7.91. The summed E-state index contributed by atoms with van der Waals surface area (Å²) in [5.74, 6) is 0. The van der Waals surface area contributed by atoms with Gasteiger partial charge in [-0.25, -0.2) is 0 Å². The van der Waals surface area contributed by atoms with Crippen LogP contribution in [0.4, 0.5) is 0 Å². The summed E-state index contributed by atoms with van der Waals surface area (Å²) < 4.78 is 0.